The fourth-order valence-corrected chi connectivity index (χ4v) is 6.25. The first-order valence-corrected chi connectivity index (χ1v) is 10.7. The van der Waals surface area contributed by atoms with Gasteiger partial charge in [0.15, 0.2) is 0 Å². The van der Waals surface area contributed by atoms with Crippen LogP contribution in [0.15, 0.2) is 23.1 Å². The predicted octanol–water partition coefficient (Wildman–Crippen LogP) is 3.41. The Bertz CT molecular complexity index is 748. The molecule has 2 fully saturated rings. The zero-order valence-electron chi connectivity index (χ0n) is 14.2. The van der Waals surface area contributed by atoms with Gasteiger partial charge in [-0.1, -0.05) is 49.0 Å². The van der Waals surface area contributed by atoms with Crippen LogP contribution in [0, 0.1) is 5.41 Å². The minimum atomic E-state index is -3.78. The Morgan fingerprint density at radius 3 is 2.08 bits per heavy atom. The zero-order valence-corrected chi connectivity index (χ0v) is 16.5. The van der Waals surface area contributed by atoms with Crippen molar-refractivity contribution < 1.29 is 13.2 Å². The number of hydrogen-bond acceptors (Lipinski definition) is 3. The van der Waals surface area contributed by atoms with Crippen molar-refractivity contribution in [1.82, 2.24) is 9.21 Å². The van der Waals surface area contributed by atoms with Gasteiger partial charge in [0.05, 0.1) is 10.0 Å². The molecule has 0 N–H and O–H groups in total. The number of nitrogens with zero attached hydrogens (tertiary/aromatic N) is 2. The summed E-state index contributed by atoms with van der Waals surface area (Å²) in [6, 6.07) is 4.64. The van der Waals surface area contributed by atoms with Gasteiger partial charge >= 0.3 is 0 Å². The molecule has 3 rings (SSSR count). The zero-order chi connectivity index (χ0) is 18.2. The lowest BCUT2D eigenvalue weighted by Gasteiger charge is -2.38. The quantitative estimate of drug-likeness (QED) is 0.775. The number of benzene rings is 1. The molecule has 1 aromatic carbocycles. The molecule has 1 saturated carbocycles. The van der Waals surface area contributed by atoms with Gasteiger partial charge in [0.1, 0.15) is 4.90 Å². The number of sulfonamides is 1. The van der Waals surface area contributed by atoms with Gasteiger partial charge < -0.3 is 4.90 Å². The number of piperazine rings is 1. The normalized spacial score (nSPS) is 21.5. The fourth-order valence-electron chi connectivity index (χ4n) is 3.74. The number of halogens is 2. The Morgan fingerprint density at radius 1 is 1.04 bits per heavy atom. The lowest BCUT2D eigenvalue weighted by Crippen LogP contribution is -2.53. The predicted molar refractivity (Wildman–Crippen MR) is 98.4 cm³/mol. The van der Waals surface area contributed by atoms with E-state index in [0.717, 1.165) is 25.7 Å². The van der Waals surface area contributed by atoms with Crippen LogP contribution in [-0.2, 0) is 14.8 Å². The first kappa shape index (κ1) is 19.0. The van der Waals surface area contributed by atoms with E-state index >= 15 is 0 Å². The van der Waals surface area contributed by atoms with Crippen LogP contribution in [0.1, 0.15) is 32.6 Å². The standard InChI is InChI=1S/C17H22Cl2N2O3S/c1-17(7-2-3-8-17)16(22)20-9-11-21(12-10-20)25(23,24)15-13(18)5-4-6-14(15)19/h4-6H,2-3,7-12H2,1H3. The number of carbonyl (C=O) groups is 1. The first-order chi connectivity index (χ1) is 11.8. The summed E-state index contributed by atoms with van der Waals surface area (Å²) in [5.74, 6) is 0.151. The third-order valence-corrected chi connectivity index (χ3v) is 8.12. The van der Waals surface area contributed by atoms with Crippen LogP contribution >= 0.6 is 23.2 Å². The van der Waals surface area contributed by atoms with E-state index in [1.165, 1.54) is 16.4 Å². The van der Waals surface area contributed by atoms with E-state index in [2.05, 4.69) is 0 Å². The molecule has 0 unspecified atom stereocenters. The van der Waals surface area contributed by atoms with Crippen LogP contribution in [0.25, 0.3) is 0 Å². The lowest BCUT2D eigenvalue weighted by atomic mass is 9.87. The van der Waals surface area contributed by atoms with E-state index in [0.29, 0.717) is 13.1 Å². The van der Waals surface area contributed by atoms with Crippen LogP contribution in [0.5, 0.6) is 0 Å². The Balaban J connectivity index is 1.73. The highest BCUT2D eigenvalue weighted by Gasteiger charge is 2.41. The maximum Gasteiger partial charge on any atom is 0.246 e. The molecule has 1 aliphatic carbocycles. The van der Waals surface area contributed by atoms with E-state index in [4.69, 9.17) is 23.2 Å². The van der Waals surface area contributed by atoms with Crippen molar-refractivity contribution in [3.8, 4) is 0 Å². The summed E-state index contributed by atoms with van der Waals surface area (Å²) >= 11 is 12.1. The summed E-state index contributed by atoms with van der Waals surface area (Å²) in [7, 11) is -3.78. The van der Waals surface area contributed by atoms with Gasteiger partial charge in [0.2, 0.25) is 15.9 Å². The first-order valence-electron chi connectivity index (χ1n) is 8.49. The van der Waals surface area contributed by atoms with Crippen molar-refractivity contribution in [2.45, 2.75) is 37.5 Å². The van der Waals surface area contributed by atoms with Gasteiger partial charge in [0, 0.05) is 31.6 Å². The number of hydrogen-bond donors (Lipinski definition) is 0. The maximum absolute atomic E-state index is 12.9. The molecule has 1 heterocycles. The third kappa shape index (κ3) is 3.54. The number of carbonyl (C=O) groups excluding carboxylic acids is 1. The summed E-state index contributed by atoms with van der Waals surface area (Å²) in [6.45, 7) is 3.33. The van der Waals surface area contributed by atoms with Crippen molar-refractivity contribution in [1.29, 1.82) is 0 Å². The van der Waals surface area contributed by atoms with Gasteiger partial charge in [-0.05, 0) is 25.0 Å². The van der Waals surface area contributed by atoms with Crippen molar-refractivity contribution in [3.63, 3.8) is 0 Å². The Labute approximate surface area is 158 Å². The minimum absolute atomic E-state index is 0.0548. The molecule has 1 amide bonds. The Morgan fingerprint density at radius 2 is 1.56 bits per heavy atom. The second-order valence-electron chi connectivity index (χ2n) is 7.01. The van der Waals surface area contributed by atoms with Crippen molar-refractivity contribution >= 4 is 39.1 Å². The highest BCUT2D eigenvalue weighted by molar-refractivity contribution is 7.89. The second-order valence-corrected chi connectivity index (χ2v) is 9.70. The highest BCUT2D eigenvalue weighted by atomic mass is 35.5. The van der Waals surface area contributed by atoms with E-state index in [-0.39, 0.29) is 39.4 Å². The molecule has 0 aromatic heterocycles. The molecule has 5 nitrogen and oxygen atoms in total. The van der Waals surface area contributed by atoms with Crippen LogP contribution in [-0.4, -0.2) is 49.7 Å². The van der Waals surface area contributed by atoms with Crippen LogP contribution < -0.4 is 0 Å². The molecule has 0 spiro atoms. The van der Waals surface area contributed by atoms with Crippen LogP contribution in [0.4, 0.5) is 0 Å². The highest BCUT2D eigenvalue weighted by Crippen LogP contribution is 2.39. The third-order valence-electron chi connectivity index (χ3n) is 5.27. The molecule has 1 aromatic rings. The lowest BCUT2D eigenvalue weighted by molar-refractivity contribution is -0.142. The molecule has 8 heteroatoms. The molecule has 1 saturated heterocycles. The molecule has 2 aliphatic rings. The summed E-state index contributed by atoms with van der Waals surface area (Å²) in [5, 5.41) is 0.231. The average Bonchev–Trinajstić information content (AvgIpc) is 3.02. The van der Waals surface area contributed by atoms with E-state index in [1.807, 2.05) is 6.92 Å². The molecule has 138 valence electrons. The monoisotopic (exact) mass is 404 g/mol. The molecular weight excluding hydrogens is 383 g/mol. The molecule has 1 aliphatic heterocycles. The Hall–Kier alpha value is -0.820. The van der Waals surface area contributed by atoms with Crippen molar-refractivity contribution in [3.05, 3.63) is 28.2 Å². The largest absolute Gasteiger partial charge is 0.340 e. The van der Waals surface area contributed by atoms with E-state index in [1.54, 1.807) is 11.0 Å². The van der Waals surface area contributed by atoms with Crippen molar-refractivity contribution in [2.75, 3.05) is 26.2 Å². The van der Waals surface area contributed by atoms with Gasteiger partial charge in [-0.15, -0.1) is 0 Å². The summed E-state index contributed by atoms with van der Waals surface area (Å²) in [6.07, 6.45) is 4.00. The summed E-state index contributed by atoms with van der Waals surface area (Å²) < 4.78 is 27.1. The minimum Gasteiger partial charge on any atom is -0.340 e. The van der Waals surface area contributed by atoms with Crippen LogP contribution in [0.2, 0.25) is 10.0 Å². The molecular formula is C17H22Cl2N2O3S. The molecule has 0 bridgehead atoms. The summed E-state index contributed by atoms with van der Waals surface area (Å²) in [5.41, 5.74) is -0.285. The number of amides is 1. The van der Waals surface area contributed by atoms with Gasteiger partial charge in [-0.2, -0.15) is 4.31 Å². The van der Waals surface area contributed by atoms with E-state index in [9.17, 15) is 13.2 Å². The number of rotatable bonds is 3. The van der Waals surface area contributed by atoms with Gasteiger partial charge in [-0.25, -0.2) is 8.42 Å². The fraction of sp³-hybridized carbons (Fsp3) is 0.588. The van der Waals surface area contributed by atoms with Gasteiger partial charge in [0.25, 0.3) is 0 Å². The smallest absolute Gasteiger partial charge is 0.246 e. The average molecular weight is 405 g/mol. The molecule has 0 radical (unpaired) electrons. The Kier molecular flexibility index (Phi) is 5.36. The maximum atomic E-state index is 12.9. The SMILES string of the molecule is CC1(C(=O)N2CCN(S(=O)(=O)c3c(Cl)cccc3Cl)CC2)CCCC1. The molecule has 25 heavy (non-hydrogen) atoms. The summed E-state index contributed by atoms with van der Waals surface area (Å²) in [4.78, 5) is 14.5. The van der Waals surface area contributed by atoms with Crippen LogP contribution in [0.3, 0.4) is 0 Å². The van der Waals surface area contributed by atoms with Crippen molar-refractivity contribution in [2.24, 2.45) is 5.41 Å². The topological polar surface area (TPSA) is 57.7 Å². The molecule has 0 atom stereocenters. The van der Waals surface area contributed by atoms with Gasteiger partial charge in [-0.3, -0.25) is 4.79 Å². The van der Waals surface area contributed by atoms with E-state index < -0.39 is 10.0 Å². The second kappa shape index (κ2) is 7.06.